The number of benzene rings is 2. The highest BCUT2D eigenvalue weighted by Crippen LogP contribution is 2.36. The van der Waals surface area contributed by atoms with Gasteiger partial charge in [0.1, 0.15) is 10.9 Å². The lowest BCUT2D eigenvalue weighted by atomic mass is 9.99. The number of H-pyrrole nitrogens is 1. The van der Waals surface area contributed by atoms with Gasteiger partial charge in [-0.2, -0.15) is 0 Å². The normalized spacial score (nSPS) is 16.0. The smallest absolute Gasteiger partial charge is 0.265 e. The first-order valence-electron chi connectivity index (χ1n) is 10.3. The van der Waals surface area contributed by atoms with Gasteiger partial charge in [-0.15, -0.1) is 0 Å². The first kappa shape index (κ1) is 22.0. The molecule has 1 amide bonds. The number of hydrogen-bond donors (Lipinski definition) is 2. The zero-order valence-corrected chi connectivity index (χ0v) is 19.0. The second-order valence-corrected chi connectivity index (χ2v) is 9.92. The fraction of sp³-hybridized carbons (Fsp3) is 0.250. The van der Waals surface area contributed by atoms with E-state index >= 15 is 0 Å². The fourth-order valence-electron chi connectivity index (χ4n) is 4.38. The molecule has 8 heteroatoms. The van der Waals surface area contributed by atoms with E-state index < -0.39 is 27.5 Å². The van der Waals surface area contributed by atoms with Crippen molar-refractivity contribution in [2.24, 2.45) is 0 Å². The number of nitrogens with one attached hydrogen (secondary N) is 2. The predicted molar refractivity (Wildman–Crippen MR) is 121 cm³/mol. The third-order valence-electron chi connectivity index (χ3n) is 5.84. The lowest BCUT2D eigenvalue weighted by molar-refractivity contribution is -0.124. The van der Waals surface area contributed by atoms with Crippen LogP contribution in [0.25, 0.3) is 0 Å². The van der Waals surface area contributed by atoms with E-state index in [4.69, 9.17) is 0 Å². The minimum absolute atomic E-state index is 0.173. The number of sulfonamides is 1. The molecule has 0 aliphatic carbocycles. The third-order valence-corrected chi connectivity index (χ3v) is 7.18. The Balaban J connectivity index is 1.66. The highest BCUT2D eigenvalue weighted by molar-refractivity contribution is 7.90. The van der Waals surface area contributed by atoms with Crippen LogP contribution in [0.1, 0.15) is 39.4 Å². The molecule has 1 aliphatic heterocycles. The summed E-state index contributed by atoms with van der Waals surface area (Å²) in [5.41, 5.74) is 5.95. The Kier molecular flexibility index (Phi) is 5.75. The summed E-state index contributed by atoms with van der Waals surface area (Å²) in [5.74, 6) is -0.622. The highest BCUT2D eigenvalue weighted by atomic mass is 32.2. The molecule has 0 bridgehead atoms. The van der Waals surface area contributed by atoms with Gasteiger partial charge >= 0.3 is 0 Å². The van der Waals surface area contributed by atoms with Crippen LogP contribution in [0, 0.1) is 20.8 Å². The Morgan fingerprint density at radius 2 is 1.78 bits per heavy atom. The van der Waals surface area contributed by atoms with Crippen molar-refractivity contribution < 1.29 is 13.2 Å². The predicted octanol–water partition coefficient (Wildman–Crippen LogP) is 2.86. The zero-order valence-electron chi connectivity index (χ0n) is 18.2. The summed E-state index contributed by atoms with van der Waals surface area (Å²) >= 11 is 0. The number of carbonyl (C=O) groups excluding carboxylic acids is 1. The van der Waals surface area contributed by atoms with Crippen molar-refractivity contribution in [3.8, 4) is 0 Å². The Hall–Kier alpha value is -3.23. The molecule has 1 atom stereocenters. The SMILES string of the molecule is Cc1cc(C)c(CN2Cc3ccccc3C2C(=O)NS(=O)(=O)c2ccc(=O)[nH]c2)c(C)c1. The van der Waals surface area contributed by atoms with E-state index in [-0.39, 0.29) is 4.90 Å². The molecule has 7 nitrogen and oxygen atoms in total. The number of aryl methyl sites for hydroxylation is 3. The second kappa shape index (κ2) is 8.37. The van der Waals surface area contributed by atoms with E-state index in [0.717, 1.165) is 40.1 Å². The fourth-order valence-corrected chi connectivity index (χ4v) is 5.33. The van der Waals surface area contributed by atoms with Crippen LogP contribution in [0.3, 0.4) is 0 Å². The van der Waals surface area contributed by atoms with Crippen molar-refractivity contribution >= 4 is 15.9 Å². The van der Waals surface area contributed by atoms with Crippen molar-refractivity contribution in [3.63, 3.8) is 0 Å². The molecule has 2 aromatic carbocycles. The number of pyridine rings is 1. The summed E-state index contributed by atoms with van der Waals surface area (Å²) in [5, 5.41) is 0. The van der Waals surface area contributed by atoms with Gasteiger partial charge < -0.3 is 4.98 Å². The maximum absolute atomic E-state index is 13.3. The number of amides is 1. The summed E-state index contributed by atoms with van der Waals surface area (Å²) in [7, 11) is -4.13. The largest absolute Gasteiger partial charge is 0.328 e. The zero-order chi connectivity index (χ0) is 23.0. The Bertz CT molecular complexity index is 1320. The minimum atomic E-state index is -4.13. The molecule has 0 radical (unpaired) electrons. The van der Waals surface area contributed by atoms with Crippen LogP contribution in [0.2, 0.25) is 0 Å². The van der Waals surface area contributed by atoms with Crippen molar-refractivity contribution in [1.29, 1.82) is 0 Å². The van der Waals surface area contributed by atoms with Gasteiger partial charge in [-0.1, -0.05) is 42.0 Å². The number of aromatic amines is 1. The van der Waals surface area contributed by atoms with E-state index in [1.807, 2.05) is 49.9 Å². The number of aromatic nitrogens is 1. The quantitative estimate of drug-likeness (QED) is 0.622. The molecule has 4 rings (SSSR count). The van der Waals surface area contributed by atoms with Crippen molar-refractivity contribution in [2.75, 3.05) is 0 Å². The van der Waals surface area contributed by atoms with Crippen molar-refractivity contribution in [1.82, 2.24) is 14.6 Å². The minimum Gasteiger partial charge on any atom is -0.328 e. The molecule has 0 saturated carbocycles. The monoisotopic (exact) mass is 451 g/mol. The molecule has 166 valence electrons. The van der Waals surface area contributed by atoms with Gasteiger partial charge in [-0.25, -0.2) is 13.1 Å². The second-order valence-electron chi connectivity index (χ2n) is 8.24. The van der Waals surface area contributed by atoms with Crippen LogP contribution >= 0.6 is 0 Å². The van der Waals surface area contributed by atoms with E-state index in [2.05, 4.69) is 21.8 Å². The van der Waals surface area contributed by atoms with Gasteiger partial charge in [0.15, 0.2) is 0 Å². The molecule has 32 heavy (non-hydrogen) atoms. The van der Waals surface area contributed by atoms with Gasteiger partial charge in [-0.3, -0.25) is 14.5 Å². The summed E-state index contributed by atoms with van der Waals surface area (Å²) in [6, 6.07) is 13.3. The number of rotatable bonds is 5. The van der Waals surface area contributed by atoms with E-state index in [9.17, 15) is 18.0 Å². The third kappa shape index (κ3) is 4.24. The van der Waals surface area contributed by atoms with Crippen LogP contribution in [-0.2, 0) is 27.9 Å². The van der Waals surface area contributed by atoms with Crippen LogP contribution in [-0.4, -0.2) is 24.2 Å². The Morgan fingerprint density at radius 1 is 1.09 bits per heavy atom. The number of carbonyl (C=O) groups is 1. The van der Waals surface area contributed by atoms with Crippen LogP contribution in [0.15, 0.2) is 64.4 Å². The average Bonchev–Trinajstić information content (AvgIpc) is 3.09. The maximum Gasteiger partial charge on any atom is 0.265 e. The number of hydrogen-bond acceptors (Lipinski definition) is 5. The van der Waals surface area contributed by atoms with Gasteiger partial charge in [-0.05, 0) is 54.7 Å². The van der Waals surface area contributed by atoms with Crippen molar-refractivity contribution in [3.05, 3.63) is 98.5 Å². The first-order valence-corrected chi connectivity index (χ1v) is 11.8. The molecule has 3 aromatic rings. The van der Waals surface area contributed by atoms with E-state index in [1.54, 1.807) is 0 Å². The molecule has 1 aliphatic rings. The van der Waals surface area contributed by atoms with E-state index in [0.29, 0.717) is 13.1 Å². The van der Waals surface area contributed by atoms with E-state index in [1.165, 1.54) is 11.6 Å². The van der Waals surface area contributed by atoms with Crippen LogP contribution < -0.4 is 10.3 Å². The Morgan fingerprint density at radius 3 is 2.44 bits per heavy atom. The lowest BCUT2D eigenvalue weighted by Crippen LogP contribution is -2.40. The highest BCUT2D eigenvalue weighted by Gasteiger charge is 2.37. The van der Waals surface area contributed by atoms with Crippen molar-refractivity contribution in [2.45, 2.75) is 44.8 Å². The average molecular weight is 452 g/mol. The molecular formula is C24H25N3O4S. The summed E-state index contributed by atoms with van der Waals surface area (Å²) in [4.78, 5) is 28.7. The topological polar surface area (TPSA) is 99.3 Å². The first-order chi connectivity index (χ1) is 15.2. The van der Waals surface area contributed by atoms with Crippen LogP contribution in [0.4, 0.5) is 0 Å². The molecule has 1 aromatic heterocycles. The number of nitrogens with zero attached hydrogens (tertiary/aromatic N) is 1. The summed E-state index contributed by atoms with van der Waals surface area (Å²) in [6.07, 6.45) is 1.08. The standard InChI is InChI=1S/C24H25N3O4S/c1-15-10-16(2)21(17(3)11-15)14-27-13-18-6-4-5-7-20(18)23(27)24(29)26-32(30,31)19-8-9-22(28)25-12-19/h4-12,23H,13-14H2,1-3H3,(H,25,28)(H,26,29). The molecule has 1 unspecified atom stereocenters. The Labute approximate surface area is 187 Å². The summed E-state index contributed by atoms with van der Waals surface area (Å²) < 4.78 is 27.7. The van der Waals surface area contributed by atoms with Gasteiger partial charge in [0, 0.05) is 25.4 Å². The molecule has 0 spiro atoms. The maximum atomic E-state index is 13.3. The number of fused-ring (bicyclic) bond motifs is 1. The van der Waals surface area contributed by atoms with Crippen LogP contribution in [0.5, 0.6) is 0 Å². The van der Waals surface area contributed by atoms with Gasteiger partial charge in [0.05, 0.1) is 0 Å². The molecular weight excluding hydrogens is 426 g/mol. The van der Waals surface area contributed by atoms with Gasteiger partial charge in [0.25, 0.3) is 15.9 Å². The molecule has 2 N–H and O–H groups in total. The summed E-state index contributed by atoms with van der Waals surface area (Å²) in [6.45, 7) is 7.21. The molecule has 2 heterocycles. The van der Waals surface area contributed by atoms with Gasteiger partial charge in [0.2, 0.25) is 5.56 Å². The molecule has 0 fully saturated rings. The molecule has 0 saturated heterocycles. The lowest BCUT2D eigenvalue weighted by Gasteiger charge is -2.26.